The Labute approximate surface area is 156 Å². The number of hydrogen-bond donors (Lipinski definition) is 1. The molecule has 27 heavy (non-hydrogen) atoms. The predicted octanol–water partition coefficient (Wildman–Crippen LogP) is 3.04. The number of anilines is 2. The first-order chi connectivity index (χ1) is 13.1. The van der Waals surface area contributed by atoms with Crippen LogP contribution in [-0.2, 0) is 9.59 Å². The van der Waals surface area contributed by atoms with E-state index in [-0.39, 0.29) is 18.2 Å². The Hall–Kier alpha value is -3.48. The molecule has 4 rings (SSSR count). The van der Waals surface area contributed by atoms with E-state index in [1.807, 2.05) is 54.6 Å². The zero-order valence-corrected chi connectivity index (χ0v) is 14.8. The number of hydrogen-bond acceptors (Lipinski definition) is 5. The molecule has 2 aromatic carbocycles. The van der Waals surface area contributed by atoms with E-state index >= 15 is 0 Å². The van der Waals surface area contributed by atoms with Crippen molar-refractivity contribution in [2.24, 2.45) is 5.92 Å². The van der Waals surface area contributed by atoms with E-state index in [4.69, 9.17) is 4.52 Å². The summed E-state index contributed by atoms with van der Waals surface area (Å²) in [6.45, 7) is 2.06. The average molecular weight is 362 g/mol. The summed E-state index contributed by atoms with van der Waals surface area (Å²) in [6, 6.07) is 16.6. The van der Waals surface area contributed by atoms with Crippen molar-refractivity contribution in [3.63, 3.8) is 0 Å². The van der Waals surface area contributed by atoms with Crippen molar-refractivity contribution < 1.29 is 14.1 Å². The fourth-order valence-corrected chi connectivity index (χ4v) is 3.13. The standard InChI is InChI=1S/C20H18N4O3/c1-13-21-19(23-27-13)14-6-5-9-17(10-14)24-12-15(11-18(24)25)20(26)22-16-7-3-2-4-8-16/h2-10,15H,11-12H2,1H3,(H,22,26)/t15-/m0/s1. The lowest BCUT2D eigenvalue weighted by Crippen LogP contribution is -2.28. The highest BCUT2D eigenvalue weighted by Crippen LogP contribution is 2.29. The van der Waals surface area contributed by atoms with E-state index in [1.54, 1.807) is 11.8 Å². The Morgan fingerprint density at radius 2 is 2.00 bits per heavy atom. The highest BCUT2D eigenvalue weighted by molar-refractivity contribution is 6.03. The minimum absolute atomic E-state index is 0.0790. The largest absolute Gasteiger partial charge is 0.339 e. The molecule has 1 saturated heterocycles. The third kappa shape index (κ3) is 3.57. The molecule has 1 atom stereocenters. The van der Waals surface area contributed by atoms with Crippen molar-refractivity contribution in [3.8, 4) is 11.4 Å². The highest BCUT2D eigenvalue weighted by Gasteiger charge is 2.35. The topological polar surface area (TPSA) is 88.3 Å². The third-order valence-corrected chi connectivity index (χ3v) is 4.48. The van der Waals surface area contributed by atoms with Crippen molar-refractivity contribution in [2.45, 2.75) is 13.3 Å². The molecule has 1 aliphatic rings. The molecule has 7 heteroatoms. The number of amides is 2. The lowest BCUT2D eigenvalue weighted by Gasteiger charge is -2.17. The molecule has 0 saturated carbocycles. The number of para-hydroxylation sites is 1. The molecule has 7 nitrogen and oxygen atoms in total. The highest BCUT2D eigenvalue weighted by atomic mass is 16.5. The molecule has 1 fully saturated rings. The van der Waals surface area contributed by atoms with E-state index in [1.165, 1.54) is 0 Å². The van der Waals surface area contributed by atoms with Crippen LogP contribution < -0.4 is 10.2 Å². The van der Waals surface area contributed by atoms with Crippen molar-refractivity contribution in [2.75, 3.05) is 16.8 Å². The van der Waals surface area contributed by atoms with Gasteiger partial charge in [0, 0.05) is 36.8 Å². The first-order valence-corrected chi connectivity index (χ1v) is 8.67. The molecule has 3 aromatic rings. The molecule has 0 radical (unpaired) electrons. The van der Waals surface area contributed by atoms with Crippen molar-refractivity contribution >= 4 is 23.2 Å². The summed E-state index contributed by atoms with van der Waals surface area (Å²) < 4.78 is 5.02. The van der Waals surface area contributed by atoms with Crippen LogP contribution in [0.3, 0.4) is 0 Å². The number of carbonyl (C=O) groups excluding carboxylic acids is 2. The summed E-state index contributed by atoms with van der Waals surface area (Å²) in [5, 5.41) is 6.78. The Kier molecular flexibility index (Phi) is 4.42. The van der Waals surface area contributed by atoms with E-state index < -0.39 is 5.92 Å². The number of aromatic nitrogens is 2. The number of nitrogens with zero attached hydrogens (tertiary/aromatic N) is 3. The quantitative estimate of drug-likeness (QED) is 0.771. The van der Waals surface area contributed by atoms with Crippen LogP contribution >= 0.6 is 0 Å². The first kappa shape index (κ1) is 17.0. The molecular formula is C20H18N4O3. The number of rotatable bonds is 4. The van der Waals surface area contributed by atoms with Crippen LogP contribution in [-0.4, -0.2) is 28.5 Å². The van der Waals surface area contributed by atoms with E-state index in [9.17, 15) is 9.59 Å². The number of carbonyl (C=O) groups is 2. The van der Waals surface area contributed by atoms with E-state index in [0.29, 0.717) is 18.3 Å². The second-order valence-corrected chi connectivity index (χ2v) is 6.45. The van der Waals surface area contributed by atoms with Crippen LogP contribution in [0, 0.1) is 12.8 Å². The van der Waals surface area contributed by atoms with Crippen molar-refractivity contribution in [3.05, 3.63) is 60.5 Å². The summed E-state index contributed by atoms with van der Waals surface area (Å²) in [7, 11) is 0. The first-order valence-electron chi connectivity index (χ1n) is 8.67. The van der Waals surface area contributed by atoms with Crippen LogP contribution in [0.5, 0.6) is 0 Å². The fourth-order valence-electron chi connectivity index (χ4n) is 3.13. The SMILES string of the molecule is Cc1nc(-c2cccc(N3C[C@@H](C(=O)Nc4ccccc4)CC3=O)c2)no1. The summed E-state index contributed by atoms with van der Waals surface area (Å²) in [5.74, 6) is 0.324. The Bertz CT molecular complexity index is 984. The van der Waals surface area contributed by atoms with Crippen molar-refractivity contribution in [1.82, 2.24) is 10.1 Å². The van der Waals surface area contributed by atoms with Gasteiger partial charge in [0.1, 0.15) is 0 Å². The Morgan fingerprint density at radius 1 is 1.19 bits per heavy atom. The van der Waals surface area contributed by atoms with E-state index in [2.05, 4.69) is 15.5 Å². The van der Waals surface area contributed by atoms with Gasteiger partial charge in [-0.25, -0.2) is 0 Å². The van der Waals surface area contributed by atoms with Crippen LogP contribution in [0.4, 0.5) is 11.4 Å². The zero-order chi connectivity index (χ0) is 18.8. The maximum Gasteiger partial charge on any atom is 0.229 e. The number of benzene rings is 2. The lowest BCUT2D eigenvalue weighted by molar-refractivity contribution is -0.122. The molecule has 136 valence electrons. The molecule has 1 N–H and O–H groups in total. The smallest absolute Gasteiger partial charge is 0.229 e. The van der Waals surface area contributed by atoms with Gasteiger partial charge in [0.15, 0.2) is 0 Å². The zero-order valence-electron chi connectivity index (χ0n) is 14.8. The van der Waals surface area contributed by atoms with Gasteiger partial charge in [0.05, 0.1) is 5.92 Å². The molecule has 0 unspecified atom stereocenters. The average Bonchev–Trinajstić information content (AvgIpc) is 3.29. The molecule has 0 spiro atoms. The van der Waals surface area contributed by atoms with Crippen LogP contribution in [0.2, 0.25) is 0 Å². The van der Waals surface area contributed by atoms with Gasteiger partial charge in [0.25, 0.3) is 0 Å². The Balaban J connectivity index is 1.50. The number of aryl methyl sites for hydroxylation is 1. The summed E-state index contributed by atoms with van der Waals surface area (Å²) in [6.07, 6.45) is 0.185. The maximum atomic E-state index is 12.5. The van der Waals surface area contributed by atoms with Gasteiger partial charge in [-0.1, -0.05) is 35.5 Å². The van der Waals surface area contributed by atoms with Gasteiger partial charge in [-0.3, -0.25) is 9.59 Å². The third-order valence-electron chi connectivity index (χ3n) is 4.48. The second-order valence-electron chi connectivity index (χ2n) is 6.45. The second kappa shape index (κ2) is 7.03. The van der Waals surface area contributed by atoms with Gasteiger partial charge in [0.2, 0.25) is 23.5 Å². The van der Waals surface area contributed by atoms with Crippen LogP contribution in [0.1, 0.15) is 12.3 Å². The van der Waals surface area contributed by atoms with Gasteiger partial charge in [-0.05, 0) is 24.3 Å². The van der Waals surface area contributed by atoms with Gasteiger partial charge >= 0.3 is 0 Å². The monoisotopic (exact) mass is 362 g/mol. The normalized spacial score (nSPS) is 16.6. The molecule has 0 aliphatic carbocycles. The lowest BCUT2D eigenvalue weighted by atomic mass is 10.1. The van der Waals surface area contributed by atoms with Gasteiger partial charge in [-0.2, -0.15) is 4.98 Å². The van der Waals surface area contributed by atoms with Crippen LogP contribution in [0.25, 0.3) is 11.4 Å². The molecule has 2 amide bonds. The van der Waals surface area contributed by atoms with Crippen LogP contribution in [0.15, 0.2) is 59.1 Å². The van der Waals surface area contributed by atoms with Gasteiger partial charge in [-0.15, -0.1) is 0 Å². The Morgan fingerprint density at radius 3 is 2.74 bits per heavy atom. The minimum atomic E-state index is -0.395. The van der Waals surface area contributed by atoms with Gasteiger partial charge < -0.3 is 14.7 Å². The summed E-state index contributed by atoms with van der Waals surface area (Å²) in [5.41, 5.74) is 2.20. The molecule has 1 aromatic heterocycles. The maximum absolute atomic E-state index is 12.5. The van der Waals surface area contributed by atoms with E-state index in [0.717, 1.165) is 16.9 Å². The molecular weight excluding hydrogens is 344 g/mol. The summed E-state index contributed by atoms with van der Waals surface area (Å²) >= 11 is 0. The summed E-state index contributed by atoms with van der Waals surface area (Å²) in [4.78, 5) is 30.8. The number of nitrogens with one attached hydrogen (secondary N) is 1. The minimum Gasteiger partial charge on any atom is -0.339 e. The molecule has 2 heterocycles. The van der Waals surface area contributed by atoms with Crippen molar-refractivity contribution in [1.29, 1.82) is 0 Å². The fraction of sp³-hybridized carbons (Fsp3) is 0.200. The predicted molar refractivity (Wildman–Crippen MR) is 100 cm³/mol. The molecule has 1 aliphatic heterocycles. The molecule has 0 bridgehead atoms.